The van der Waals surface area contributed by atoms with Crippen LogP contribution in [-0.4, -0.2) is 0 Å². The van der Waals surface area contributed by atoms with E-state index in [1.165, 1.54) is 11.1 Å². The lowest BCUT2D eigenvalue weighted by Crippen LogP contribution is -2.27. The topological polar surface area (TPSA) is 52.0 Å². The van der Waals surface area contributed by atoms with Crippen LogP contribution in [0.15, 0.2) is 80.6 Å². The van der Waals surface area contributed by atoms with E-state index in [1.807, 2.05) is 24.3 Å². The van der Waals surface area contributed by atoms with Crippen LogP contribution < -0.4 is 11.5 Å². The summed E-state index contributed by atoms with van der Waals surface area (Å²) in [4.78, 5) is 0. The minimum absolute atomic E-state index is 0.240. The molecule has 0 spiro atoms. The van der Waals surface area contributed by atoms with Crippen LogP contribution in [0, 0.1) is 5.41 Å². The lowest BCUT2D eigenvalue weighted by molar-refractivity contribution is 0.462. The predicted molar refractivity (Wildman–Crippen MR) is 116 cm³/mol. The summed E-state index contributed by atoms with van der Waals surface area (Å²) in [5, 5.41) is 0. The Morgan fingerprint density at radius 3 is 1.88 bits per heavy atom. The van der Waals surface area contributed by atoms with E-state index in [2.05, 4.69) is 50.6 Å². The zero-order valence-corrected chi connectivity index (χ0v) is 15.6. The minimum atomic E-state index is -0.240. The van der Waals surface area contributed by atoms with Crippen LogP contribution in [0.3, 0.4) is 0 Å². The summed E-state index contributed by atoms with van der Waals surface area (Å²) in [6.45, 7) is 15.6. The fourth-order valence-electron chi connectivity index (χ4n) is 3.67. The maximum atomic E-state index is 6.38. The average molecular weight is 347 g/mol. The monoisotopic (exact) mass is 346 g/mol. The first-order chi connectivity index (χ1) is 12.5. The molecule has 1 aromatic rings. The molecule has 0 radical (unpaired) electrons. The Labute approximate surface area is 158 Å². The van der Waals surface area contributed by atoms with E-state index in [-0.39, 0.29) is 5.41 Å². The van der Waals surface area contributed by atoms with Gasteiger partial charge >= 0.3 is 0 Å². The van der Waals surface area contributed by atoms with Crippen molar-refractivity contribution in [1.82, 2.24) is 0 Å². The summed E-state index contributed by atoms with van der Waals surface area (Å²) >= 11 is 0. The minimum Gasteiger partial charge on any atom is -0.402 e. The highest BCUT2D eigenvalue weighted by Gasteiger charge is 2.31. The second-order valence-corrected chi connectivity index (χ2v) is 6.87. The van der Waals surface area contributed by atoms with E-state index < -0.39 is 0 Å². The van der Waals surface area contributed by atoms with E-state index in [0.29, 0.717) is 0 Å². The van der Waals surface area contributed by atoms with Crippen molar-refractivity contribution < 1.29 is 0 Å². The highest BCUT2D eigenvalue weighted by Crippen LogP contribution is 2.43. The van der Waals surface area contributed by atoms with Gasteiger partial charge in [0.25, 0.3) is 0 Å². The van der Waals surface area contributed by atoms with Crippen LogP contribution in [0.4, 0.5) is 5.69 Å². The third-order valence-electron chi connectivity index (χ3n) is 5.04. The second-order valence-electron chi connectivity index (χ2n) is 6.87. The van der Waals surface area contributed by atoms with E-state index >= 15 is 0 Å². The van der Waals surface area contributed by atoms with Crippen LogP contribution in [0.25, 0.3) is 5.57 Å². The number of rotatable bonds is 9. The molecular formula is C24H30N2. The van der Waals surface area contributed by atoms with Gasteiger partial charge in [0.1, 0.15) is 0 Å². The zero-order chi connectivity index (χ0) is 19.2. The Bertz CT molecular complexity index is 736. The molecule has 2 nitrogen and oxygen atoms in total. The molecule has 0 saturated carbocycles. The maximum absolute atomic E-state index is 6.38. The van der Waals surface area contributed by atoms with Crippen LogP contribution in [-0.2, 0) is 12.8 Å². The van der Waals surface area contributed by atoms with Crippen LogP contribution in [0.5, 0.6) is 0 Å². The Kier molecular flexibility index (Phi) is 6.46. The van der Waals surface area contributed by atoms with Crippen molar-refractivity contribution in [2.75, 3.05) is 5.73 Å². The number of hydrogen-bond donors (Lipinski definition) is 2. The van der Waals surface area contributed by atoms with Gasteiger partial charge in [-0.25, -0.2) is 0 Å². The first-order valence-corrected chi connectivity index (χ1v) is 9.04. The van der Waals surface area contributed by atoms with Crippen LogP contribution in [0.2, 0.25) is 0 Å². The molecule has 0 unspecified atom stereocenters. The molecule has 2 heteroatoms. The van der Waals surface area contributed by atoms with Gasteiger partial charge in [-0.2, -0.15) is 0 Å². The predicted octanol–water partition coefficient (Wildman–Crippen LogP) is 5.49. The molecule has 0 bridgehead atoms. The van der Waals surface area contributed by atoms with Crippen molar-refractivity contribution in [2.24, 2.45) is 11.1 Å². The highest BCUT2D eigenvalue weighted by atomic mass is 14.6. The second kappa shape index (κ2) is 8.57. The molecule has 0 aliphatic heterocycles. The van der Waals surface area contributed by atoms with Gasteiger partial charge in [0, 0.05) is 16.8 Å². The average Bonchev–Trinajstić information content (AvgIpc) is 2.61. The molecule has 0 fully saturated rings. The van der Waals surface area contributed by atoms with Crippen LogP contribution >= 0.6 is 0 Å². The summed E-state index contributed by atoms with van der Waals surface area (Å²) in [6.07, 6.45) is 16.0. The van der Waals surface area contributed by atoms with E-state index in [0.717, 1.165) is 54.6 Å². The van der Waals surface area contributed by atoms with E-state index in [4.69, 9.17) is 11.5 Å². The first kappa shape index (κ1) is 19.6. The smallest absolute Gasteiger partial charge is 0.0385 e. The molecule has 0 saturated heterocycles. The van der Waals surface area contributed by atoms with Gasteiger partial charge in [-0.3, -0.25) is 0 Å². The summed E-state index contributed by atoms with van der Waals surface area (Å²) in [6, 6.07) is 4.36. The summed E-state index contributed by atoms with van der Waals surface area (Å²) < 4.78 is 0. The molecule has 26 heavy (non-hydrogen) atoms. The lowest BCUT2D eigenvalue weighted by atomic mass is 9.72. The Hall–Kier alpha value is -2.74. The lowest BCUT2D eigenvalue weighted by Gasteiger charge is -2.34. The van der Waals surface area contributed by atoms with Crippen molar-refractivity contribution >= 4 is 11.3 Å². The molecule has 4 N–H and O–H groups in total. The van der Waals surface area contributed by atoms with Crippen LogP contribution in [0.1, 0.15) is 36.0 Å². The molecule has 0 aromatic heterocycles. The maximum Gasteiger partial charge on any atom is 0.0385 e. The molecule has 0 atom stereocenters. The number of allylic oxidation sites excluding steroid dienone is 7. The molecular weight excluding hydrogens is 316 g/mol. The Balaban J connectivity index is 2.58. The number of nitrogen functional groups attached to an aromatic ring is 1. The van der Waals surface area contributed by atoms with Crippen molar-refractivity contribution in [3.8, 4) is 0 Å². The van der Waals surface area contributed by atoms with Gasteiger partial charge in [0.15, 0.2) is 0 Å². The van der Waals surface area contributed by atoms with Gasteiger partial charge < -0.3 is 11.5 Å². The normalized spacial score (nSPS) is 15.5. The number of hydrogen-bond acceptors (Lipinski definition) is 2. The molecule has 1 aliphatic carbocycles. The van der Waals surface area contributed by atoms with Gasteiger partial charge in [-0.1, -0.05) is 36.5 Å². The van der Waals surface area contributed by atoms with Gasteiger partial charge in [-0.15, -0.1) is 26.3 Å². The van der Waals surface area contributed by atoms with E-state index in [9.17, 15) is 0 Å². The van der Waals surface area contributed by atoms with Crippen molar-refractivity contribution in [2.45, 2.75) is 32.1 Å². The van der Waals surface area contributed by atoms with Crippen molar-refractivity contribution in [3.63, 3.8) is 0 Å². The molecule has 136 valence electrons. The quantitative estimate of drug-likeness (QED) is 0.458. The van der Waals surface area contributed by atoms with Gasteiger partial charge in [0.2, 0.25) is 0 Å². The molecule has 1 aromatic carbocycles. The van der Waals surface area contributed by atoms with Gasteiger partial charge in [-0.05, 0) is 66.5 Å². The standard InChI is InChI=1S/C24H30N2/c1-5-9-18-15-21(16-19(10-6-2)23(18)26)20-11-12-22(25)24(17-20,13-7-3)14-8-4/h5-8,12,15-17H,1-4,9-11,13-14,25-26H2. The zero-order valence-electron chi connectivity index (χ0n) is 15.6. The molecule has 1 aliphatic rings. The highest BCUT2D eigenvalue weighted by molar-refractivity contribution is 5.74. The Morgan fingerprint density at radius 1 is 0.885 bits per heavy atom. The number of anilines is 1. The molecule has 0 amide bonds. The summed E-state index contributed by atoms with van der Waals surface area (Å²) in [5.41, 5.74) is 18.9. The van der Waals surface area contributed by atoms with Crippen molar-refractivity contribution in [3.05, 3.63) is 97.3 Å². The number of nitrogens with two attached hydrogens (primary N) is 2. The number of benzene rings is 1. The third-order valence-corrected chi connectivity index (χ3v) is 5.04. The molecule has 0 heterocycles. The fourth-order valence-corrected chi connectivity index (χ4v) is 3.67. The SMILES string of the molecule is C=CCc1cc(C2=CC(CC=C)(CC=C)C(N)=CC2)cc(CC=C)c1N. The Morgan fingerprint density at radius 2 is 1.42 bits per heavy atom. The third kappa shape index (κ3) is 3.91. The largest absolute Gasteiger partial charge is 0.402 e. The van der Waals surface area contributed by atoms with Gasteiger partial charge in [0.05, 0.1) is 0 Å². The van der Waals surface area contributed by atoms with Crippen molar-refractivity contribution in [1.29, 1.82) is 0 Å². The molecule has 2 rings (SSSR count). The summed E-state index contributed by atoms with van der Waals surface area (Å²) in [7, 11) is 0. The summed E-state index contributed by atoms with van der Waals surface area (Å²) in [5.74, 6) is 0. The first-order valence-electron chi connectivity index (χ1n) is 9.04. The fraction of sp³-hybridized carbons (Fsp3) is 0.250. The van der Waals surface area contributed by atoms with E-state index in [1.54, 1.807) is 0 Å².